The van der Waals surface area contributed by atoms with Crippen molar-refractivity contribution >= 4 is 61.1 Å². The lowest BCUT2D eigenvalue weighted by Gasteiger charge is -2.39. The maximum Gasteiger partial charge on any atom is 0.261 e. The quantitative estimate of drug-likeness (QED) is 0.161. The largest absolute Gasteiger partial charge is 0.506 e. The van der Waals surface area contributed by atoms with E-state index in [-0.39, 0.29) is 44.2 Å². The van der Waals surface area contributed by atoms with Gasteiger partial charge >= 0.3 is 0 Å². The number of nitrogens with one attached hydrogen (secondary N) is 3. The van der Waals surface area contributed by atoms with E-state index in [1.165, 1.54) is 49.4 Å². The average molecular weight is 639 g/mol. The summed E-state index contributed by atoms with van der Waals surface area (Å²) in [5, 5.41) is 16.8. The van der Waals surface area contributed by atoms with Gasteiger partial charge in [-0.3, -0.25) is 23.4 Å². The molecule has 232 valence electrons. The standard InChI is InChI=1S/C31H34N4O7S2/c1-18(2)15-16-31(4)24-8-6-5-7-23(24)28(37)27(29(31)38)30-33-25-14-11-21(17-26(25)44(41,42)35-30)34-43(39,40)22-12-9-20(10-13-22)32-19(3)36/h5-14,17-18,34,37,41-42H,15-16H2,1-4H3,(H,32,36)(H,33,35). The Bertz CT molecular complexity index is 1830. The predicted molar refractivity (Wildman–Crippen MR) is 173 cm³/mol. The third kappa shape index (κ3) is 5.83. The number of fused-ring (bicyclic) bond motifs is 2. The van der Waals surface area contributed by atoms with Gasteiger partial charge in [0.2, 0.25) is 5.91 Å². The van der Waals surface area contributed by atoms with Crippen molar-refractivity contribution in [3.63, 3.8) is 0 Å². The summed E-state index contributed by atoms with van der Waals surface area (Å²) in [7, 11) is -8.01. The maximum absolute atomic E-state index is 14.1. The molecule has 1 heterocycles. The van der Waals surface area contributed by atoms with Crippen molar-refractivity contribution in [2.45, 2.75) is 55.7 Å². The van der Waals surface area contributed by atoms with Crippen LogP contribution < -0.4 is 15.4 Å². The Labute approximate surface area is 257 Å². The second-order valence-electron chi connectivity index (χ2n) is 11.5. The van der Waals surface area contributed by atoms with Crippen LogP contribution in [0.1, 0.15) is 51.7 Å². The lowest BCUT2D eigenvalue weighted by atomic mass is 9.66. The smallest absolute Gasteiger partial charge is 0.261 e. The molecule has 3 aromatic rings. The number of Topliss-reactive ketones (excluding diaryl/α,β-unsaturated/α-hetero) is 1. The minimum Gasteiger partial charge on any atom is -0.506 e. The van der Waals surface area contributed by atoms with Gasteiger partial charge in [0.05, 0.1) is 21.7 Å². The van der Waals surface area contributed by atoms with Gasteiger partial charge in [0.1, 0.15) is 16.2 Å². The Morgan fingerprint density at radius 2 is 1.70 bits per heavy atom. The Balaban J connectivity index is 1.47. The maximum atomic E-state index is 14.1. The molecule has 6 N–H and O–H groups in total. The molecule has 0 fully saturated rings. The normalized spacial score (nSPS) is 19.8. The van der Waals surface area contributed by atoms with Crippen LogP contribution in [0.2, 0.25) is 0 Å². The number of ketones is 1. The molecule has 11 nitrogen and oxygen atoms in total. The molecule has 5 rings (SSSR count). The minimum atomic E-state index is -4.08. The van der Waals surface area contributed by atoms with Crippen molar-refractivity contribution in [2.75, 3.05) is 15.4 Å². The van der Waals surface area contributed by atoms with E-state index in [4.69, 9.17) is 0 Å². The number of hydrogen-bond acceptors (Lipinski definition) is 9. The number of nitrogens with zero attached hydrogens (tertiary/aromatic N) is 1. The third-order valence-corrected chi connectivity index (χ3v) is 10.4. The molecule has 0 aromatic heterocycles. The van der Waals surface area contributed by atoms with Gasteiger partial charge in [-0.05, 0) is 73.7 Å². The molecule has 0 bridgehead atoms. The molecule has 1 unspecified atom stereocenters. The Hall–Kier alpha value is -4.17. The van der Waals surface area contributed by atoms with E-state index in [1.54, 1.807) is 12.1 Å². The molecule has 1 aliphatic carbocycles. The fourth-order valence-corrected chi connectivity index (χ4v) is 7.58. The molecule has 44 heavy (non-hydrogen) atoms. The number of amidine groups is 1. The van der Waals surface area contributed by atoms with Crippen LogP contribution in [0.3, 0.4) is 0 Å². The van der Waals surface area contributed by atoms with Crippen LogP contribution >= 0.6 is 10.8 Å². The Morgan fingerprint density at radius 1 is 1.05 bits per heavy atom. The van der Waals surface area contributed by atoms with Crippen molar-refractivity contribution < 1.29 is 32.2 Å². The van der Waals surface area contributed by atoms with Gasteiger partial charge in [0, 0.05) is 18.2 Å². The van der Waals surface area contributed by atoms with E-state index < -0.39 is 32.0 Å². The van der Waals surface area contributed by atoms with E-state index in [0.29, 0.717) is 29.2 Å². The summed E-state index contributed by atoms with van der Waals surface area (Å²) in [6.07, 6.45) is 1.26. The van der Waals surface area contributed by atoms with Gasteiger partial charge < -0.3 is 15.7 Å². The molecular weight excluding hydrogens is 604 g/mol. The third-order valence-electron chi connectivity index (χ3n) is 7.69. The summed E-state index contributed by atoms with van der Waals surface area (Å²) in [4.78, 5) is 25.2. The second-order valence-corrected chi connectivity index (χ2v) is 14.8. The van der Waals surface area contributed by atoms with Crippen molar-refractivity contribution in [3.05, 3.63) is 83.4 Å². The molecule has 0 saturated carbocycles. The summed E-state index contributed by atoms with van der Waals surface area (Å²) in [5.41, 5.74) is 0.688. The average Bonchev–Trinajstić information content (AvgIpc) is 2.95. The van der Waals surface area contributed by atoms with Crippen LogP contribution in [0.15, 0.2) is 86.5 Å². The Morgan fingerprint density at radius 3 is 2.36 bits per heavy atom. The van der Waals surface area contributed by atoms with Crippen molar-refractivity contribution in [2.24, 2.45) is 10.3 Å². The van der Waals surface area contributed by atoms with Gasteiger partial charge in [-0.2, -0.15) is 0 Å². The summed E-state index contributed by atoms with van der Waals surface area (Å²) in [6, 6.07) is 16.8. The van der Waals surface area contributed by atoms with Gasteiger partial charge in [0.15, 0.2) is 11.6 Å². The molecule has 0 saturated heterocycles. The molecule has 1 amide bonds. The first-order valence-corrected chi connectivity index (χ1v) is 16.9. The summed E-state index contributed by atoms with van der Waals surface area (Å²) in [5.74, 6) is -0.860. The first-order chi connectivity index (χ1) is 20.6. The topological polar surface area (TPSA) is 177 Å². The van der Waals surface area contributed by atoms with Crippen molar-refractivity contribution in [3.8, 4) is 0 Å². The summed E-state index contributed by atoms with van der Waals surface area (Å²) in [6.45, 7) is 7.29. The highest BCUT2D eigenvalue weighted by Gasteiger charge is 2.46. The zero-order chi connectivity index (χ0) is 32.0. The summed E-state index contributed by atoms with van der Waals surface area (Å²) < 4.78 is 54.8. The number of rotatable bonds is 8. The number of carbonyl (C=O) groups is 2. The zero-order valence-corrected chi connectivity index (χ0v) is 26.2. The highest BCUT2D eigenvalue weighted by atomic mass is 32.3. The number of aliphatic hydroxyl groups excluding tert-OH is 1. The van der Waals surface area contributed by atoms with Gasteiger partial charge in [-0.1, -0.05) is 48.9 Å². The zero-order valence-electron chi connectivity index (χ0n) is 24.6. The highest BCUT2D eigenvalue weighted by molar-refractivity contribution is 8.23. The summed E-state index contributed by atoms with van der Waals surface area (Å²) >= 11 is 0. The molecule has 0 radical (unpaired) electrons. The number of aliphatic hydroxyl groups is 1. The Kier molecular flexibility index (Phi) is 8.10. The van der Waals surface area contributed by atoms with Crippen LogP contribution in [-0.4, -0.2) is 40.2 Å². The first-order valence-electron chi connectivity index (χ1n) is 13.9. The molecule has 2 aliphatic rings. The van der Waals surface area contributed by atoms with Gasteiger partial charge in [0.25, 0.3) is 10.0 Å². The van der Waals surface area contributed by atoms with Crippen LogP contribution in [-0.2, 0) is 25.0 Å². The van der Waals surface area contributed by atoms with E-state index in [1.807, 2.05) is 19.1 Å². The SMILES string of the molecule is CC(=O)Nc1ccc(S(=O)(=O)Nc2ccc3c(c2)S(O)(O)N=C(C2=C(O)c4ccccc4C(C)(CCC(C)C)C2=O)N3)cc1. The molecule has 1 aliphatic heterocycles. The molecule has 1 atom stereocenters. The predicted octanol–water partition coefficient (Wildman–Crippen LogP) is 6.54. The number of hydrogen-bond donors (Lipinski definition) is 6. The van der Waals surface area contributed by atoms with Gasteiger partial charge in [-0.15, -0.1) is 4.40 Å². The second kappa shape index (κ2) is 11.4. The lowest BCUT2D eigenvalue weighted by molar-refractivity contribution is -0.120. The molecule has 0 spiro atoms. The number of benzene rings is 3. The number of anilines is 3. The molecular formula is C31H34N4O7S2. The van der Waals surface area contributed by atoms with Crippen LogP contribution in [0.25, 0.3) is 5.76 Å². The van der Waals surface area contributed by atoms with E-state index in [0.717, 1.165) is 6.42 Å². The van der Waals surface area contributed by atoms with Crippen LogP contribution in [0.5, 0.6) is 0 Å². The van der Waals surface area contributed by atoms with Crippen LogP contribution in [0.4, 0.5) is 17.1 Å². The van der Waals surface area contributed by atoms with E-state index >= 15 is 0 Å². The van der Waals surface area contributed by atoms with Crippen molar-refractivity contribution in [1.29, 1.82) is 0 Å². The van der Waals surface area contributed by atoms with Gasteiger partial charge in [-0.25, -0.2) is 8.42 Å². The number of amides is 1. The minimum absolute atomic E-state index is 0.0427. The van der Waals surface area contributed by atoms with E-state index in [9.17, 15) is 32.2 Å². The monoisotopic (exact) mass is 638 g/mol. The molecule has 3 aromatic carbocycles. The first kappa shape index (κ1) is 31.3. The molecule has 13 heteroatoms. The van der Waals surface area contributed by atoms with Crippen molar-refractivity contribution in [1.82, 2.24) is 0 Å². The number of sulfonamides is 1. The lowest BCUT2D eigenvalue weighted by Crippen LogP contribution is -2.42. The fraction of sp³-hybridized carbons (Fsp3) is 0.258. The highest BCUT2D eigenvalue weighted by Crippen LogP contribution is 2.57. The fourth-order valence-electron chi connectivity index (χ4n) is 5.34. The van der Waals surface area contributed by atoms with E-state index in [2.05, 4.69) is 33.6 Å². The van der Waals surface area contributed by atoms with Crippen LogP contribution in [0, 0.1) is 5.92 Å². The number of carbonyl (C=O) groups excluding carboxylic acids is 2.